The van der Waals surface area contributed by atoms with E-state index in [-0.39, 0.29) is 11.5 Å². The van der Waals surface area contributed by atoms with Crippen LogP contribution in [0, 0.1) is 0 Å². The molecule has 4 nitrogen and oxygen atoms in total. The first-order chi connectivity index (χ1) is 9.97. The van der Waals surface area contributed by atoms with Gasteiger partial charge in [0.15, 0.2) is 0 Å². The van der Waals surface area contributed by atoms with Crippen molar-refractivity contribution in [1.82, 2.24) is 9.55 Å². The van der Waals surface area contributed by atoms with Crippen LogP contribution in [0.25, 0.3) is 11.0 Å². The van der Waals surface area contributed by atoms with Gasteiger partial charge in [-0.2, -0.15) is 0 Å². The molecule has 0 saturated heterocycles. The molecule has 0 radical (unpaired) electrons. The van der Waals surface area contributed by atoms with Crippen LogP contribution in [0.5, 0.6) is 5.75 Å². The van der Waals surface area contributed by atoms with Gasteiger partial charge in [-0.1, -0.05) is 13.3 Å². The first-order valence-electron chi connectivity index (χ1n) is 7.79. The van der Waals surface area contributed by atoms with Gasteiger partial charge in [0, 0.05) is 23.6 Å². The Labute approximate surface area is 126 Å². The van der Waals surface area contributed by atoms with Crippen molar-refractivity contribution in [1.29, 1.82) is 0 Å². The minimum atomic E-state index is -0.0312. The fourth-order valence-electron chi connectivity index (χ4n) is 3.60. The molecule has 1 aromatic heterocycles. The molecule has 1 aliphatic rings. The first-order valence-corrected chi connectivity index (χ1v) is 7.79. The molecule has 2 N–H and O–H groups in total. The maximum atomic E-state index is 6.41. The van der Waals surface area contributed by atoms with Gasteiger partial charge in [-0.15, -0.1) is 0 Å². The number of ether oxygens (including phenoxy) is 1. The molecular formula is C17H25N3O. The number of fused-ring (bicyclic) bond motifs is 1. The summed E-state index contributed by atoms with van der Waals surface area (Å²) >= 11 is 0. The summed E-state index contributed by atoms with van der Waals surface area (Å²) in [5.74, 6) is 1.98. The molecule has 114 valence electrons. The molecule has 0 spiro atoms. The average Bonchev–Trinajstić information content (AvgIpc) is 3.00. The molecule has 2 atom stereocenters. The van der Waals surface area contributed by atoms with Crippen LogP contribution < -0.4 is 10.5 Å². The Hall–Kier alpha value is -1.55. The topological polar surface area (TPSA) is 53.1 Å². The quantitative estimate of drug-likeness (QED) is 0.941. The Morgan fingerprint density at radius 2 is 2.19 bits per heavy atom. The Bertz CT molecular complexity index is 661. The van der Waals surface area contributed by atoms with Crippen molar-refractivity contribution in [3.63, 3.8) is 0 Å². The van der Waals surface area contributed by atoms with E-state index in [1.165, 1.54) is 11.9 Å². The average molecular weight is 287 g/mol. The van der Waals surface area contributed by atoms with E-state index in [4.69, 9.17) is 15.5 Å². The van der Waals surface area contributed by atoms with Crippen LogP contribution in [0.3, 0.4) is 0 Å². The Kier molecular flexibility index (Phi) is 3.44. The van der Waals surface area contributed by atoms with Crippen LogP contribution in [0.2, 0.25) is 0 Å². The highest BCUT2D eigenvalue weighted by molar-refractivity contribution is 5.78. The number of hydrogen-bond acceptors (Lipinski definition) is 3. The van der Waals surface area contributed by atoms with Gasteiger partial charge in [-0.3, -0.25) is 0 Å². The van der Waals surface area contributed by atoms with E-state index in [1.807, 2.05) is 12.1 Å². The molecule has 3 rings (SSSR count). The minimum absolute atomic E-state index is 0.0312. The summed E-state index contributed by atoms with van der Waals surface area (Å²) in [7, 11) is 1.69. The van der Waals surface area contributed by atoms with Crippen molar-refractivity contribution in [3.8, 4) is 5.75 Å². The van der Waals surface area contributed by atoms with Crippen LogP contribution in [0.15, 0.2) is 18.2 Å². The standard InChI is InChI=1S/C17H25N3O/c1-11(2)20-14-8-7-12(21-4)10-13(14)19-16(20)17(3)9-5-6-15(17)18/h7-8,10-11,15H,5-6,9,18H2,1-4H3. The molecule has 21 heavy (non-hydrogen) atoms. The summed E-state index contributed by atoms with van der Waals surface area (Å²) in [6.45, 7) is 6.68. The van der Waals surface area contributed by atoms with Gasteiger partial charge in [0.05, 0.1) is 18.1 Å². The third-order valence-electron chi connectivity index (χ3n) is 4.95. The van der Waals surface area contributed by atoms with E-state index in [2.05, 4.69) is 31.4 Å². The van der Waals surface area contributed by atoms with Crippen LogP contribution in [0.1, 0.15) is 51.9 Å². The number of hydrogen-bond donors (Lipinski definition) is 1. The highest BCUT2D eigenvalue weighted by atomic mass is 16.5. The molecule has 0 amide bonds. The number of methoxy groups -OCH3 is 1. The molecule has 2 aromatic rings. The zero-order chi connectivity index (χ0) is 15.2. The predicted octanol–water partition coefficient (Wildman–Crippen LogP) is 3.39. The van der Waals surface area contributed by atoms with Crippen LogP contribution >= 0.6 is 0 Å². The summed E-state index contributed by atoms with van der Waals surface area (Å²) in [5.41, 5.74) is 8.55. The summed E-state index contributed by atoms with van der Waals surface area (Å²) in [5, 5.41) is 0. The van der Waals surface area contributed by atoms with E-state index in [1.54, 1.807) is 7.11 Å². The molecule has 0 bridgehead atoms. The van der Waals surface area contributed by atoms with E-state index in [0.29, 0.717) is 6.04 Å². The molecule has 2 unspecified atom stereocenters. The summed E-state index contributed by atoms with van der Waals surface area (Å²) < 4.78 is 7.68. The van der Waals surface area contributed by atoms with E-state index in [0.717, 1.165) is 29.9 Å². The Morgan fingerprint density at radius 3 is 2.76 bits per heavy atom. The number of nitrogens with zero attached hydrogens (tertiary/aromatic N) is 2. The zero-order valence-electron chi connectivity index (χ0n) is 13.4. The molecule has 1 fully saturated rings. The normalized spacial score (nSPS) is 25.9. The fourth-order valence-corrected chi connectivity index (χ4v) is 3.60. The lowest BCUT2D eigenvalue weighted by Gasteiger charge is -2.30. The van der Waals surface area contributed by atoms with Gasteiger partial charge >= 0.3 is 0 Å². The third kappa shape index (κ3) is 2.13. The van der Waals surface area contributed by atoms with E-state index >= 15 is 0 Å². The molecule has 0 aliphatic heterocycles. The van der Waals surface area contributed by atoms with Gasteiger partial charge in [0.25, 0.3) is 0 Å². The third-order valence-corrected chi connectivity index (χ3v) is 4.95. The molecule has 1 aromatic carbocycles. The Morgan fingerprint density at radius 1 is 1.43 bits per heavy atom. The summed E-state index contributed by atoms with van der Waals surface area (Å²) in [6.07, 6.45) is 3.38. The minimum Gasteiger partial charge on any atom is -0.497 e. The second kappa shape index (κ2) is 5.02. The van der Waals surface area contributed by atoms with Crippen molar-refractivity contribution >= 4 is 11.0 Å². The smallest absolute Gasteiger partial charge is 0.121 e. The summed E-state index contributed by atoms with van der Waals surface area (Å²) in [4.78, 5) is 4.95. The second-order valence-corrected chi connectivity index (χ2v) is 6.67. The van der Waals surface area contributed by atoms with Gasteiger partial charge < -0.3 is 15.0 Å². The van der Waals surface area contributed by atoms with Crippen molar-refractivity contribution in [3.05, 3.63) is 24.0 Å². The number of nitrogens with two attached hydrogens (primary N) is 1. The second-order valence-electron chi connectivity index (χ2n) is 6.67. The van der Waals surface area contributed by atoms with Crippen molar-refractivity contribution in [2.24, 2.45) is 5.73 Å². The Balaban J connectivity index is 2.24. The maximum absolute atomic E-state index is 6.41. The van der Waals surface area contributed by atoms with Crippen LogP contribution in [-0.4, -0.2) is 22.7 Å². The molecule has 1 heterocycles. The largest absolute Gasteiger partial charge is 0.497 e. The lowest BCUT2D eigenvalue weighted by atomic mass is 9.84. The number of rotatable bonds is 3. The molecule has 1 saturated carbocycles. The highest BCUT2D eigenvalue weighted by Crippen LogP contribution is 2.41. The SMILES string of the molecule is COc1ccc2c(c1)nc(C1(C)CCCC1N)n2C(C)C. The predicted molar refractivity (Wildman–Crippen MR) is 85.8 cm³/mol. The maximum Gasteiger partial charge on any atom is 0.121 e. The fraction of sp³-hybridized carbons (Fsp3) is 0.588. The number of aromatic nitrogens is 2. The lowest BCUT2D eigenvalue weighted by molar-refractivity contribution is 0.378. The van der Waals surface area contributed by atoms with Crippen LogP contribution in [0.4, 0.5) is 0 Å². The first kappa shape index (κ1) is 14.4. The molecule has 1 aliphatic carbocycles. The number of imidazole rings is 1. The molecule has 4 heteroatoms. The van der Waals surface area contributed by atoms with Crippen LogP contribution in [-0.2, 0) is 5.41 Å². The van der Waals surface area contributed by atoms with Crippen molar-refractivity contribution < 1.29 is 4.74 Å². The lowest BCUT2D eigenvalue weighted by Crippen LogP contribution is -2.40. The van der Waals surface area contributed by atoms with Gasteiger partial charge in [-0.05, 0) is 38.8 Å². The van der Waals surface area contributed by atoms with Gasteiger partial charge in [0.2, 0.25) is 0 Å². The van der Waals surface area contributed by atoms with Gasteiger partial charge in [-0.25, -0.2) is 4.98 Å². The van der Waals surface area contributed by atoms with Crippen molar-refractivity contribution in [2.45, 2.75) is 57.5 Å². The van der Waals surface area contributed by atoms with Gasteiger partial charge in [0.1, 0.15) is 11.6 Å². The van der Waals surface area contributed by atoms with E-state index in [9.17, 15) is 0 Å². The monoisotopic (exact) mass is 287 g/mol. The number of benzene rings is 1. The highest BCUT2D eigenvalue weighted by Gasteiger charge is 2.42. The van der Waals surface area contributed by atoms with E-state index < -0.39 is 0 Å². The zero-order valence-corrected chi connectivity index (χ0v) is 13.4. The van der Waals surface area contributed by atoms with Crippen molar-refractivity contribution in [2.75, 3.05) is 7.11 Å². The molecular weight excluding hydrogens is 262 g/mol. The summed E-state index contributed by atoms with van der Waals surface area (Å²) in [6, 6.07) is 6.68.